The molecule has 1 rings (SSSR count). The summed E-state index contributed by atoms with van der Waals surface area (Å²) in [5.41, 5.74) is 5.22. The van der Waals surface area contributed by atoms with Crippen LogP contribution in [-0.2, 0) is 16.2 Å². The zero-order chi connectivity index (χ0) is 23.0. The Kier molecular flexibility index (Phi) is 10.2. The van der Waals surface area contributed by atoms with Crippen molar-refractivity contribution in [2.75, 3.05) is 6.16 Å². The topological polar surface area (TPSA) is 17.1 Å². The Labute approximate surface area is 201 Å². The molecule has 0 spiro atoms. The van der Waals surface area contributed by atoms with Gasteiger partial charge < -0.3 is 13.4 Å². The molecule has 0 bridgehead atoms. The summed E-state index contributed by atoms with van der Waals surface area (Å²) in [5.74, 6) is 0.547. The van der Waals surface area contributed by atoms with E-state index in [2.05, 4.69) is 102 Å². The molecular weight excluding hydrogens is 378 g/mol. The van der Waals surface area contributed by atoms with Crippen LogP contribution in [0.1, 0.15) is 123 Å². The third kappa shape index (κ3) is 8.81. The fourth-order valence-corrected chi connectivity index (χ4v) is 4.92. The molecule has 1 unspecified atom stereocenters. The van der Waals surface area contributed by atoms with Crippen LogP contribution < -0.4 is 18.9 Å². The van der Waals surface area contributed by atoms with Crippen LogP contribution in [0.2, 0.25) is 0 Å². The van der Waals surface area contributed by atoms with Crippen molar-refractivity contribution in [1.29, 1.82) is 0 Å². The Morgan fingerprint density at radius 3 is 1.50 bits per heavy atom. The smallest absolute Gasteiger partial charge is 0.459 e. The van der Waals surface area contributed by atoms with Crippen molar-refractivity contribution in [2.45, 2.75) is 113 Å². The summed E-state index contributed by atoms with van der Waals surface area (Å²) in [6.45, 7) is 29.3. The van der Waals surface area contributed by atoms with E-state index in [1.165, 1.54) is 16.7 Å². The van der Waals surface area contributed by atoms with E-state index in [9.17, 15) is 4.79 Å². The van der Waals surface area contributed by atoms with Crippen molar-refractivity contribution in [3.05, 3.63) is 34.4 Å². The van der Waals surface area contributed by atoms with E-state index in [1.54, 1.807) is 0 Å². The maximum atomic E-state index is 13.6. The quantitative estimate of drug-likeness (QED) is 0.435. The van der Waals surface area contributed by atoms with E-state index in [0.29, 0.717) is 16.9 Å². The maximum Gasteiger partial charge on any atom is 1.00 e. The number of hydrogen-bond donors (Lipinski definition) is 0. The molecule has 0 amide bonds. The van der Waals surface area contributed by atoms with Crippen LogP contribution in [0.15, 0.2) is 12.1 Å². The fraction of sp³-hybridized carbons (Fsp3) is 0.741. The molecule has 3 heteroatoms. The van der Waals surface area contributed by atoms with Gasteiger partial charge in [-0.15, -0.1) is 0 Å². The van der Waals surface area contributed by atoms with Crippen molar-refractivity contribution in [3.8, 4) is 0 Å². The van der Waals surface area contributed by atoms with E-state index in [4.69, 9.17) is 0 Å². The second kappa shape index (κ2) is 10.2. The van der Waals surface area contributed by atoms with Gasteiger partial charge in [0.25, 0.3) is 0 Å². The molecule has 0 fully saturated rings. The van der Waals surface area contributed by atoms with E-state index in [0.717, 1.165) is 26.7 Å². The van der Waals surface area contributed by atoms with Gasteiger partial charge in [0.1, 0.15) is 0 Å². The van der Waals surface area contributed by atoms with Crippen LogP contribution in [0.4, 0.5) is 0 Å². The number of carbonyl (C=O) groups excluding carboxylic acids is 1. The second-order valence-corrected chi connectivity index (χ2v) is 14.3. The first-order valence-electron chi connectivity index (χ1n) is 11.1. The summed E-state index contributed by atoms with van der Waals surface area (Å²) in [6.07, 6.45) is 2.08. The summed E-state index contributed by atoms with van der Waals surface area (Å²) in [7, 11) is 0.929. The summed E-state index contributed by atoms with van der Waals surface area (Å²) in [4.78, 5) is 13.6. The molecule has 1 aromatic carbocycles. The van der Waals surface area contributed by atoms with Gasteiger partial charge in [0.15, 0.2) is 0 Å². The van der Waals surface area contributed by atoms with Crippen LogP contribution in [0.3, 0.4) is 0 Å². The number of carbonyl (C=O) groups is 1. The predicted octanol–water partition coefficient (Wildman–Crippen LogP) is 5.74. The first kappa shape index (κ1) is 29.9. The number of benzene rings is 1. The summed E-state index contributed by atoms with van der Waals surface area (Å²) in [6, 6.07) is 4.60. The van der Waals surface area contributed by atoms with Crippen LogP contribution in [-0.4, -0.2) is 11.7 Å². The third-order valence-corrected chi connectivity index (χ3v) is 6.66. The Bertz CT molecular complexity index is 686. The van der Waals surface area contributed by atoms with Gasteiger partial charge in [0, 0.05) is 5.52 Å². The SMILES string of the molecule is CC(C[P-]C(=O)c1c(C(C)(C)C)cc(C(C)(C)C)cc1C(C)(C)C)CC(C)(C)C.[Li+]. The Morgan fingerprint density at radius 1 is 0.800 bits per heavy atom. The molecule has 0 radical (unpaired) electrons. The van der Waals surface area contributed by atoms with Gasteiger partial charge in [-0.2, -0.15) is 6.16 Å². The average Bonchev–Trinajstić information content (AvgIpc) is 2.47. The molecule has 0 saturated carbocycles. The minimum Gasteiger partial charge on any atom is -0.459 e. The van der Waals surface area contributed by atoms with Gasteiger partial charge in [-0.1, -0.05) is 108 Å². The zero-order valence-corrected chi connectivity index (χ0v) is 23.4. The van der Waals surface area contributed by atoms with Crippen LogP contribution in [0.5, 0.6) is 0 Å². The number of rotatable bonds is 5. The van der Waals surface area contributed by atoms with Crippen molar-refractivity contribution in [1.82, 2.24) is 0 Å². The second-order valence-electron chi connectivity index (χ2n) is 13.2. The Morgan fingerprint density at radius 2 is 1.20 bits per heavy atom. The molecule has 1 atom stereocenters. The monoisotopic (exact) mass is 424 g/mol. The van der Waals surface area contributed by atoms with E-state index < -0.39 is 0 Å². The zero-order valence-electron chi connectivity index (χ0n) is 22.5. The largest absolute Gasteiger partial charge is 1.00 e. The molecule has 0 aliphatic rings. The summed E-state index contributed by atoms with van der Waals surface area (Å²) >= 11 is 0. The van der Waals surface area contributed by atoms with E-state index >= 15 is 0 Å². The maximum absolute atomic E-state index is 13.6. The fourth-order valence-electron chi connectivity index (χ4n) is 3.92. The minimum absolute atomic E-state index is 0. The van der Waals surface area contributed by atoms with Gasteiger partial charge in [0.2, 0.25) is 0 Å². The van der Waals surface area contributed by atoms with Crippen LogP contribution in [0.25, 0.3) is 0 Å². The minimum atomic E-state index is -0.0706. The first-order chi connectivity index (χ1) is 12.7. The van der Waals surface area contributed by atoms with Gasteiger partial charge in [-0.3, -0.25) is 0 Å². The van der Waals surface area contributed by atoms with E-state index in [-0.39, 0.29) is 35.1 Å². The van der Waals surface area contributed by atoms with Gasteiger partial charge in [-0.25, -0.2) is 0 Å². The molecule has 0 saturated heterocycles. The van der Waals surface area contributed by atoms with Crippen molar-refractivity contribution < 1.29 is 23.7 Å². The molecule has 0 heterocycles. The summed E-state index contributed by atoms with van der Waals surface area (Å²) < 4.78 is 0. The van der Waals surface area contributed by atoms with Crippen LogP contribution >= 0.6 is 8.58 Å². The van der Waals surface area contributed by atoms with Gasteiger partial charge in [-0.05, 0) is 50.3 Å². The first-order valence-corrected chi connectivity index (χ1v) is 12.2. The molecule has 0 aromatic heterocycles. The predicted molar refractivity (Wildman–Crippen MR) is 132 cm³/mol. The van der Waals surface area contributed by atoms with Crippen molar-refractivity contribution in [2.24, 2.45) is 11.3 Å². The molecule has 1 nitrogen and oxygen atoms in total. The normalized spacial score (nSPS) is 14.7. The molecule has 30 heavy (non-hydrogen) atoms. The van der Waals surface area contributed by atoms with Crippen molar-refractivity contribution >= 4 is 14.1 Å². The Balaban J connectivity index is 0.00000841. The molecule has 166 valence electrons. The third-order valence-electron chi connectivity index (χ3n) is 5.34. The van der Waals surface area contributed by atoms with E-state index in [1.807, 2.05) is 0 Å². The molecule has 0 aliphatic heterocycles. The van der Waals surface area contributed by atoms with Gasteiger partial charge in [0.05, 0.1) is 0 Å². The summed E-state index contributed by atoms with van der Waals surface area (Å²) in [5, 5.41) is 0. The van der Waals surface area contributed by atoms with Crippen LogP contribution in [0, 0.1) is 11.3 Å². The number of hydrogen-bond acceptors (Lipinski definition) is 1. The average molecular weight is 425 g/mol. The molecule has 0 aliphatic carbocycles. The molecule has 0 N–H and O–H groups in total. The molecule has 1 aromatic rings. The van der Waals surface area contributed by atoms with Crippen molar-refractivity contribution in [3.63, 3.8) is 0 Å². The Hall–Kier alpha value is -0.0826. The standard InChI is InChI=1S/C27H46OP.Li/c1-18(16-24(2,3)4)17-29-23(28)22-20(26(8,9)10)14-19(25(5,6)7)15-21(22)27(11,12)13;/h14-15,18H,16-17H2,1-13H3;/q-1;+1. The molecular formula is C27H46LiOP. The van der Waals surface area contributed by atoms with Gasteiger partial charge >= 0.3 is 18.9 Å².